The van der Waals surface area contributed by atoms with E-state index in [4.69, 9.17) is 4.37 Å². The number of rotatable bonds is 5. The Hall–Kier alpha value is -2.44. The minimum absolute atomic E-state index is 0.155. The quantitative estimate of drug-likeness (QED) is 0.615. The zero-order valence-corrected chi connectivity index (χ0v) is 19.2. The Morgan fingerprint density at radius 2 is 1.87 bits per heavy atom. The first-order chi connectivity index (χ1) is 15.1. The summed E-state index contributed by atoms with van der Waals surface area (Å²) in [7, 11) is 1.92. The zero-order chi connectivity index (χ0) is 21.4. The van der Waals surface area contributed by atoms with Crippen molar-refractivity contribution in [1.29, 1.82) is 0 Å². The topological polar surface area (TPSA) is 39.7 Å². The van der Waals surface area contributed by atoms with Crippen LogP contribution in [0.1, 0.15) is 23.6 Å². The molecular weight excluding hydrogens is 404 g/mol. The minimum Gasteiger partial charge on any atom is -0.353 e. The summed E-state index contributed by atoms with van der Waals surface area (Å²) in [6.07, 6.45) is 3.05. The summed E-state index contributed by atoms with van der Waals surface area (Å²) < 4.78 is 6.00. The minimum atomic E-state index is 0.155. The lowest BCUT2D eigenvalue weighted by molar-refractivity contribution is -0.129. The van der Waals surface area contributed by atoms with Crippen LogP contribution >= 0.6 is 11.5 Å². The van der Waals surface area contributed by atoms with Gasteiger partial charge in [0.1, 0.15) is 5.82 Å². The van der Waals surface area contributed by atoms with Gasteiger partial charge in [-0.2, -0.15) is 4.37 Å². The van der Waals surface area contributed by atoms with Crippen molar-refractivity contribution < 1.29 is 4.79 Å². The van der Waals surface area contributed by atoms with E-state index in [0.29, 0.717) is 6.04 Å². The van der Waals surface area contributed by atoms with Gasteiger partial charge in [-0.25, -0.2) is 0 Å². The molecule has 162 valence electrons. The third kappa shape index (κ3) is 4.19. The number of hydrogen-bond donors (Lipinski definition) is 0. The standard InChI is InChI=1S/C25H30N4OS/c1-18(30)27(2)22-16-20-8-7-19(15-21(20)17-22)9-10-28-11-13-29(14-12-28)25-23-5-3-4-6-24(23)31-26-25/h3-8,15,22H,9-14,16-17H2,1-2H3. The third-order valence-corrected chi connectivity index (χ3v) is 7.79. The summed E-state index contributed by atoms with van der Waals surface area (Å²) in [6, 6.07) is 15.8. The van der Waals surface area contributed by atoms with Gasteiger partial charge >= 0.3 is 0 Å². The van der Waals surface area contributed by atoms with Gasteiger partial charge in [-0.1, -0.05) is 30.3 Å². The van der Waals surface area contributed by atoms with Crippen molar-refractivity contribution in [2.75, 3.05) is 44.7 Å². The van der Waals surface area contributed by atoms with Gasteiger partial charge in [0.15, 0.2) is 0 Å². The Morgan fingerprint density at radius 1 is 1.10 bits per heavy atom. The van der Waals surface area contributed by atoms with Crippen molar-refractivity contribution in [3.63, 3.8) is 0 Å². The average molecular weight is 435 g/mol. The summed E-state index contributed by atoms with van der Waals surface area (Å²) in [5.41, 5.74) is 4.25. The molecule has 2 aromatic carbocycles. The van der Waals surface area contributed by atoms with Crippen LogP contribution < -0.4 is 4.90 Å². The number of benzene rings is 2. The molecule has 2 aliphatic rings. The molecule has 1 aliphatic carbocycles. The predicted molar refractivity (Wildman–Crippen MR) is 128 cm³/mol. The molecule has 1 saturated heterocycles. The second-order valence-electron chi connectivity index (χ2n) is 8.88. The van der Waals surface area contributed by atoms with Gasteiger partial charge in [-0.05, 0) is 59.6 Å². The number of nitrogens with zero attached hydrogens (tertiary/aromatic N) is 4. The Balaban J connectivity index is 1.15. The summed E-state index contributed by atoms with van der Waals surface area (Å²) in [6.45, 7) is 7.00. The smallest absolute Gasteiger partial charge is 0.219 e. The number of hydrogen-bond acceptors (Lipinski definition) is 5. The van der Waals surface area contributed by atoms with Crippen molar-refractivity contribution >= 4 is 33.3 Å². The first kappa shape index (κ1) is 20.5. The molecule has 1 fully saturated rings. The van der Waals surface area contributed by atoms with E-state index in [-0.39, 0.29) is 5.91 Å². The molecule has 6 heteroatoms. The molecule has 2 heterocycles. The molecule has 0 N–H and O–H groups in total. The summed E-state index contributed by atoms with van der Waals surface area (Å²) in [5.74, 6) is 1.31. The highest BCUT2D eigenvalue weighted by Crippen LogP contribution is 2.30. The lowest BCUT2D eigenvalue weighted by atomic mass is 10.0. The number of amides is 1. The van der Waals surface area contributed by atoms with Crippen molar-refractivity contribution in [3.8, 4) is 0 Å². The fourth-order valence-electron chi connectivity index (χ4n) is 4.91. The normalized spacial score (nSPS) is 19.0. The van der Waals surface area contributed by atoms with Crippen LogP contribution in [0.5, 0.6) is 0 Å². The van der Waals surface area contributed by atoms with Crippen LogP contribution in [0.3, 0.4) is 0 Å². The lowest BCUT2D eigenvalue weighted by Crippen LogP contribution is -2.47. The lowest BCUT2D eigenvalue weighted by Gasteiger charge is -2.35. The number of aromatic nitrogens is 1. The number of fused-ring (bicyclic) bond motifs is 2. The van der Waals surface area contributed by atoms with Crippen LogP contribution in [0.4, 0.5) is 5.82 Å². The fourth-order valence-corrected chi connectivity index (χ4v) is 5.70. The molecule has 3 aromatic rings. The van der Waals surface area contributed by atoms with Crippen LogP contribution in [0.25, 0.3) is 10.1 Å². The van der Waals surface area contributed by atoms with Gasteiger partial charge < -0.3 is 9.80 Å². The number of piperazine rings is 1. The van der Waals surface area contributed by atoms with Gasteiger partial charge in [-0.15, -0.1) is 0 Å². The van der Waals surface area contributed by atoms with Crippen molar-refractivity contribution in [3.05, 3.63) is 59.2 Å². The highest BCUT2D eigenvalue weighted by molar-refractivity contribution is 7.13. The average Bonchev–Trinajstić information content (AvgIpc) is 3.41. The SMILES string of the molecule is CC(=O)N(C)C1Cc2ccc(CCN3CCN(c4nsc5ccccc45)CC3)cc2C1. The fraction of sp³-hybridized carbons (Fsp3) is 0.440. The first-order valence-corrected chi connectivity index (χ1v) is 12.0. The Morgan fingerprint density at radius 3 is 2.68 bits per heavy atom. The van der Waals surface area contributed by atoms with Crippen LogP contribution in [-0.2, 0) is 24.1 Å². The molecule has 1 amide bonds. The van der Waals surface area contributed by atoms with E-state index < -0.39 is 0 Å². The second-order valence-corrected chi connectivity index (χ2v) is 9.68. The van der Waals surface area contributed by atoms with Crippen molar-refractivity contribution in [1.82, 2.24) is 14.2 Å². The van der Waals surface area contributed by atoms with E-state index in [1.165, 1.54) is 26.8 Å². The van der Waals surface area contributed by atoms with Crippen LogP contribution in [0, 0.1) is 0 Å². The monoisotopic (exact) mass is 434 g/mol. The summed E-state index contributed by atoms with van der Waals surface area (Å²) >= 11 is 1.60. The van der Waals surface area contributed by atoms with Gasteiger partial charge in [0, 0.05) is 58.1 Å². The van der Waals surface area contributed by atoms with Crippen LogP contribution in [-0.4, -0.2) is 65.9 Å². The molecule has 0 saturated carbocycles. The van der Waals surface area contributed by atoms with Gasteiger partial charge in [0.2, 0.25) is 5.91 Å². The van der Waals surface area contributed by atoms with Gasteiger partial charge in [-0.3, -0.25) is 9.69 Å². The van der Waals surface area contributed by atoms with Crippen molar-refractivity contribution in [2.45, 2.75) is 32.2 Å². The molecule has 1 aromatic heterocycles. The molecular formula is C25H30N4OS. The maximum Gasteiger partial charge on any atom is 0.219 e. The largest absolute Gasteiger partial charge is 0.353 e. The van der Waals surface area contributed by atoms with Crippen LogP contribution in [0.2, 0.25) is 0 Å². The molecule has 1 aliphatic heterocycles. The molecule has 31 heavy (non-hydrogen) atoms. The third-order valence-electron chi connectivity index (χ3n) is 6.97. The summed E-state index contributed by atoms with van der Waals surface area (Å²) in [5, 5.41) is 1.29. The van der Waals surface area contributed by atoms with E-state index >= 15 is 0 Å². The van der Waals surface area contributed by atoms with E-state index in [9.17, 15) is 4.79 Å². The Labute approximate surface area is 188 Å². The summed E-state index contributed by atoms with van der Waals surface area (Å²) in [4.78, 5) is 18.6. The van der Waals surface area contributed by atoms with Gasteiger partial charge in [0.25, 0.3) is 0 Å². The molecule has 5 rings (SSSR count). The maximum absolute atomic E-state index is 11.7. The van der Waals surface area contributed by atoms with E-state index in [1.807, 2.05) is 11.9 Å². The highest BCUT2D eigenvalue weighted by Gasteiger charge is 2.26. The first-order valence-electron chi connectivity index (χ1n) is 11.2. The Kier molecular flexibility index (Phi) is 5.67. The predicted octanol–water partition coefficient (Wildman–Crippen LogP) is 3.61. The van der Waals surface area contributed by atoms with Crippen molar-refractivity contribution in [2.24, 2.45) is 0 Å². The molecule has 1 atom stereocenters. The molecule has 0 bridgehead atoms. The second kappa shape index (κ2) is 8.60. The van der Waals surface area contributed by atoms with E-state index in [2.05, 4.69) is 52.3 Å². The van der Waals surface area contributed by atoms with Crippen LogP contribution in [0.15, 0.2) is 42.5 Å². The van der Waals surface area contributed by atoms with E-state index in [0.717, 1.165) is 57.8 Å². The molecule has 5 nitrogen and oxygen atoms in total. The zero-order valence-electron chi connectivity index (χ0n) is 18.4. The molecule has 1 unspecified atom stereocenters. The maximum atomic E-state index is 11.7. The highest BCUT2D eigenvalue weighted by atomic mass is 32.1. The van der Waals surface area contributed by atoms with Gasteiger partial charge in [0.05, 0.1) is 4.70 Å². The molecule has 0 spiro atoms. The number of carbonyl (C=O) groups excluding carboxylic acids is 1. The Bertz CT molecular complexity index is 1090. The number of likely N-dealkylation sites (N-methyl/N-ethyl adjacent to an activating group) is 1. The number of carbonyl (C=O) groups is 1. The van der Waals surface area contributed by atoms with E-state index in [1.54, 1.807) is 18.5 Å². The number of anilines is 1. The molecule has 0 radical (unpaired) electrons.